The van der Waals surface area contributed by atoms with Gasteiger partial charge < -0.3 is 10.1 Å². The zero-order valence-electron chi connectivity index (χ0n) is 16.4. The minimum absolute atomic E-state index is 0.105. The number of benzene rings is 2. The molecule has 0 radical (unpaired) electrons. The van der Waals surface area contributed by atoms with E-state index in [2.05, 4.69) is 15.4 Å². The summed E-state index contributed by atoms with van der Waals surface area (Å²) in [7, 11) is 1.63. The molecule has 1 atom stereocenters. The van der Waals surface area contributed by atoms with Crippen molar-refractivity contribution in [2.75, 3.05) is 7.11 Å². The lowest BCUT2D eigenvalue weighted by Gasteiger charge is -2.17. The Kier molecular flexibility index (Phi) is 5.24. The number of fused-ring (bicyclic) bond motifs is 1. The molecule has 146 valence electrons. The van der Waals surface area contributed by atoms with E-state index in [4.69, 9.17) is 4.74 Å². The van der Waals surface area contributed by atoms with Gasteiger partial charge in [0.05, 0.1) is 19.3 Å². The molecule has 4 rings (SSSR count). The van der Waals surface area contributed by atoms with E-state index < -0.39 is 0 Å². The van der Waals surface area contributed by atoms with Crippen LogP contribution in [-0.2, 0) is 0 Å². The molecule has 0 aliphatic carbocycles. The second-order valence-electron chi connectivity index (χ2n) is 6.74. The number of carbonyl (C=O) groups excluding carboxylic acids is 1. The number of amides is 1. The number of hydrogen-bond acceptors (Lipinski definition) is 4. The molecule has 6 nitrogen and oxygen atoms in total. The average Bonchev–Trinajstić information content (AvgIpc) is 3.21. The Morgan fingerprint density at radius 2 is 1.83 bits per heavy atom. The number of nitrogens with zero attached hydrogens (tertiary/aromatic N) is 3. The predicted molar refractivity (Wildman–Crippen MR) is 112 cm³/mol. The molecular weight excluding hydrogens is 364 g/mol. The molecule has 2 aromatic carbocycles. The summed E-state index contributed by atoms with van der Waals surface area (Å²) in [4.78, 5) is 17.4. The Labute approximate surface area is 169 Å². The minimum atomic E-state index is -0.192. The molecule has 0 spiro atoms. The fraction of sp³-hybridized carbons (Fsp3) is 0.174. The summed E-state index contributed by atoms with van der Waals surface area (Å²) in [6, 6.07) is 17.6. The summed E-state index contributed by atoms with van der Waals surface area (Å²) in [5.41, 5.74) is 4.01. The van der Waals surface area contributed by atoms with Crippen LogP contribution in [0, 0.1) is 0 Å². The number of methoxy groups -OCH3 is 1. The third-order valence-corrected chi connectivity index (χ3v) is 4.94. The molecule has 0 saturated carbocycles. The van der Waals surface area contributed by atoms with Gasteiger partial charge in [-0.05, 0) is 29.7 Å². The molecule has 2 heterocycles. The van der Waals surface area contributed by atoms with Crippen molar-refractivity contribution in [3.8, 4) is 16.9 Å². The van der Waals surface area contributed by atoms with Gasteiger partial charge in [-0.15, -0.1) is 0 Å². The normalized spacial score (nSPS) is 11.9. The van der Waals surface area contributed by atoms with Crippen molar-refractivity contribution in [3.63, 3.8) is 0 Å². The number of ether oxygens (including phenoxy) is 1. The van der Waals surface area contributed by atoms with Crippen LogP contribution in [0.2, 0.25) is 0 Å². The van der Waals surface area contributed by atoms with E-state index in [9.17, 15) is 4.79 Å². The molecule has 0 bridgehead atoms. The molecule has 0 saturated heterocycles. The molecule has 1 amide bonds. The van der Waals surface area contributed by atoms with Gasteiger partial charge in [0, 0.05) is 18.0 Å². The van der Waals surface area contributed by atoms with Crippen LogP contribution < -0.4 is 10.1 Å². The minimum Gasteiger partial charge on any atom is -0.497 e. The Balaban J connectivity index is 1.57. The van der Waals surface area contributed by atoms with E-state index >= 15 is 0 Å². The van der Waals surface area contributed by atoms with Gasteiger partial charge >= 0.3 is 0 Å². The first-order chi connectivity index (χ1) is 14.2. The van der Waals surface area contributed by atoms with Gasteiger partial charge in [-0.2, -0.15) is 5.10 Å². The largest absolute Gasteiger partial charge is 0.497 e. The van der Waals surface area contributed by atoms with Gasteiger partial charge in [-0.1, -0.05) is 49.4 Å². The number of hydrogen-bond donors (Lipinski definition) is 1. The Morgan fingerprint density at radius 1 is 1.07 bits per heavy atom. The highest BCUT2D eigenvalue weighted by Gasteiger charge is 2.19. The summed E-state index contributed by atoms with van der Waals surface area (Å²) in [6.07, 6.45) is 5.98. The zero-order valence-corrected chi connectivity index (χ0v) is 16.4. The van der Waals surface area contributed by atoms with Crippen molar-refractivity contribution in [2.45, 2.75) is 19.4 Å². The van der Waals surface area contributed by atoms with Gasteiger partial charge in [0.1, 0.15) is 11.3 Å². The maximum atomic E-state index is 12.9. The summed E-state index contributed by atoms with van der Waals surface area (Å²) >= 11 is 0. The first kappa shape index (κ1) is 18.7. The van der Waals surface area contributed by atoms with E-state index in [1.54, 1.807) is 24.0 Å². The third kappa shape index (κ3) is 3.82. The van der Waals surface area contributed by atoms with Crippen LogP contribution in [0.25, 0.3) is 16.8 Å². The second kappa shape index (κ2) is 8.14. The summed E-state index contributed by atoms with van der Waals surface area (Å²) in [6.45, 7) is 2.04. The van der Waals surface area contributed by atoms with Crippen LogP contribution >= 0.6 is 0 Å². The van der Waals surface area contributed by atoms with Crippen LogP contribution in [0.1, 0.15) is 35.3 Å². The molecule has 1 unspecified atom stereocenters. The molecule has 0 aliphatic rings. The molecule has 6 heteroatoms. The SMILES string of the molecule is CCC(NC(=O)c1cnn2cc(-c3ccccc3)cnc12)c1ccc(OC)cc1. The number of aromatic nitrogens is 3. The van der Waals surface area contributed by atoms with Crippen LogP contribution in [0.5, 0.6) is 5.75 Å². The van der Waals surface area contributed by atoms with Gasteiger partial charge in [0.2, 0.25) is 0 Å². The maximum absolute atomic E-state index is 12.9. The summed E-state index contributed by atoms with van der Waals surface area (Å²) in [5, 5.41) is 7.42. The highest BCUT2D eigenvalue weighted by Crippen LogP contribution is 2.22. The van der Waals surface area contributed by atoms with Gasteiger partial charge in [0.25, 0.3) is 5.91 Å². The van der Waals surface area contributed by atoms with Crippen LogP contribution in [0.3, 0.4) is 0 Å². The van der Waals surface area contributed by atoms with Gasteiger partial charge in [0.15, 0.2) is 5.65 Å². The Bertz CT molecular complexity index is 1120. The highest BCUT2D eigenvalue weighted by atomic mass is 16.5. The smallest absolute Gasteiger partial charge is 0.257 e. The van der Waals surface area contributed by atoms with Gasteiger partial charge in [-0.25, -0.2) is 9.50 Å². The van der Waals surface area contributed by atoms with Gasteiger partial charge in [-0.3, -0.25) is 4.79 Å². The lowest BCUT2D eigenvalue weighted by atomic mass is 10.0. The van der Waals surface area contributed by atoms with E-state index in [0.717, 1.165) is 28.9 Å². The number of rotatable bonds is 6. The average molecular weight is 386 g/mol. The number of nitrogens with one attached hydrogen (secondary N) is 1. The van der Waals surface area contributed by atoms with Crippen molar-refractivity contribution in [1.29, 1.82) is 0 Å². The molecule has 0 aliphatic heterocycles. The standard InChI is InChI=1S/C23H22N4O2/c1-3-21(17-9-11-19(29-2)12-10-17)26-23(28)20-14-25-27-15-18(13-24-22(20)27)16-7-5-4-6-8-16/h4-15,21H,3H2,1-2H3,(H,26,28). The molecular formula is C23H22N4O2. The Morgan fingerprint density at radius 3 is 2.52 bits per heavy atom. The predicted octanol–water partition coefficient (Wildman–Crippen LogP) is 4.29. The topological polar surface area (TPSA) is 68.5 Å². The van der Waals surface area contributed by atoms with Crippen LogP contribution in [-0.4, -0.2) is 27.6 Å². The first-order valence-electron chi connectivity index (χ1n) is 9.53. The van der Waals surface area contributed by atoms with E-state index in [-0.39, 0.29) is 11.9 Å². The number of carbonyl (C=O) groups is 1. The van der Waals surface area contributed by atoms with Crippen molar-refractivity contribution in [2.24, 2.45) is 0 Å². The van der Waals surface area contributed by atoms with Crippen LogP contribution in [0.4, 0.5) is 0 Å². The molecule has 2 aromatic heterocycles. The quantitative estimate of drug-likeness (QED) is 0.537. The molecule has 4 aromatic rings. The van der Waals surface area contributed by atoms with E-state index in [1.807, 2.05) is 67.7 Å². The first-order valence-corrected chi connectivity index (χ1v) is 9.53. The monoisotopic (exact) mass is 386 g/mol. The fourth-order valence-electron chi connectivity index (χ4n) is 3.31. The third-order valence-electron chi connectivity index (χ3n) is 4.94. The highest BCUT2D eigenvalue weighted by molar-refractivity contribution is 5.99. The fourth-order valence-corrected chi connectivity index (χ4v) is 3.31. The second-order valence-corrected chi connectivity index (χ2v) is 6.74. The summed E-state index contributed by atoms with van der Waals surface area (Å²) in [5.74, 6) is 0.596. The van der Waals surface area contributed by atoms with Crippen molar-refractivity contribution in [1.82, 2.24) is 19.9 Å². The Hall–Kier alpha value is -3.67. The maximum Gasteiger partial charge on any atom is 0.257 e. The van der Waals surface area contributed by atoms with Crippen molar-refractivity contribution in [3.05, 3.63) is 84.3 Å². The molecule has 0 fully saturated rings. The van der Waals surface area contributed by atoms with Crippen LogP contribution in [0.15, 0.2) is 73.2 Å². The lowest BCUT2D eigenvalue weighted by Crippen LogP contribution is -2.28. The van der Waals surface area contributed by atoms with E-state index in [0.29, 0.717) is 11.2 Å². The lowest BCUT2D eigenvalue weighted by molar-refractivity contribution is 0.0937. The van der Waals surface area contributed by atoms with Crippen molar-refractivity contribution >= 4 is 11.6 Å². The molecule has 29 heavy (non-hydrogen) atoms. The molecule has 1 N–H and O–H groups in total. The zero-order chi connectivity index (χ0) is 20.2. The summed E-state index contributed by atoms with van der Waals surface area (Å²) < 4.78 is 6.85. The van der Waals surface area contributed by atoms with E-state index in [1.165, 1.54) is 0 Å². The van der Waals surface area contributed by atoms with Crippen molar-refractivity contribution < 1.29 is 9.53 Å².